The van der Waals surface area contributed by atoms with Gasteiger partial charge < -0.3 is 10.1 Å². The Hall–Kier alpha value is -1.81. The molecule has 2 rings (SSSR count). The molecule has 0 atom stereocenters. The van der Waals surface area contributed by atoms with Crippen LogP contribution in [0.1, 0.15) is 19.3 Å². The predicted octanol–water partition coefficient (Wildman–Crippen LogP) is 0.998. The van der Waals surface area contributed by atoms with Gasteiger partial charge in [-0.05, 0) is 25.0 Å². The van der Waals surface area contributed by atoms with Gasteiger partial charge in [-0.15, -0.1) is 0 Å². The third-order valence-corrected chi connectivity index (χ3v) is 6.58. The lowest BCUT2D eigenvalue weighted by atomic mass is 10.2. The molecular weight excluding hydrogens is 368 g/mol. The summed E-state index contributed by atoms with van der Waals surface area (Å²) in [4.78, 5) is 11.8. The highest BCUT2D eigenvalue weighted by atomic mass is 32.2. The first kappa shape index (κ1) is 19.5. The van der Waals surface area contributed by atoms with E-state index < -0.39 is 25.8 Å². The Morgan fingerprint density at radius 2 is 2.04 bits per heavy atom. The zero-order valence-electron chi connectivity index (χ0n) is 14.2. The normalized spacial score (nSPS) is 17.1. The van der Waals surface area contributed by atoms with E-state index in [0.29, 0.717) is 30.1 Å². The SMILES string of the molecule is COc1cc(NC(=O)CCS(C)(=O)=O)ccc1N1CCCCS1(=O)=O. The van der Waals surface area contributed by atoms with Gasteiger partial charge in [-0.25, -0.2) is 16.8 Å². The number of nitrogens with one attached hydrogen (secondary N) is 1. The molecule has 1 aliphatic rings. The molecule has 25 heavy (non-hydrogen) atoms. The van der Waals surface area contributed by atoms with E-state index in [1.807, 2.05) is 0 Å². The fourth-order valence-corrected chi connectivity index (χ4v) is 4.73. The fraction of sp³-hybridized carbons (Fsp3) is 0.533. The van der Waals surface area contributed by atoms with Gasteiger partial charge in [0.15, 0.2) is 0 Å². The Balaban J connectivity index is 2.17. The van der Waals surface area contributed by atoms with Crippen molar-refractivity contribution in [2.45, 2.75) is 19.3 Å². The van der Waals surface area contributed by atoms with Crippen LogP contribution in [0.2, 0.25) is 0 Å². The quantitative estimate of drug-likeness (QED) is 0.776. The molecule has 0 saturated carbocycles. The van der Waals surface area contributed by atoms with Crippen LogP contribution in [0.15, 0.2) is 18.2 Å². The number of ether oxygens (including phenoxy) is 1. The number of nitrogens with zero attached hydrogens (tertiary/aromatic N) is 1. The molecule has 0 aromatic heterocycles. The summed E-state index contributed by atoms with van der Waals surface area (Å²) in [5.74, 6) is -0.252. The molecular formula is C15H22N2O6S2. The second-order valence-corrected chi connectivity index (χ2v) is 10.2. The molecule has 1 N–H and O–H groups in total. The van der Waals surface area contributed by atoms with Crippen molar-refractivity contribution >= 4 is 37.1 Å². The van der Waals surface area contributed by atoms with Crippen molar-refractivity contribution in [2.24, 2.45) is 0 Å². The summed E-state index contributed by atoms with van der Waals surface area (Å²) in [6, 6.07) is 4.67. The Morgan fingerprint density at radius 3 is 2.64 bits per heavy atom. The van der Waals surface area contributed by atoms with Crippen molar-refractivity contribution in [3.63, 3.8) is 0 Å². The van der Waals surface area contributed by atoms with Gasteiger partial charge in [0.25, 0.3) is 0 Å². The fourth-order valence-electron chi connectivity index (χ4n) is 2.52. The summed E-state index contributed by atoms with van der Waals surface area (Å²) in [6.45, 7) is 0.388. The molecule has 0 unspecified atom stereocenters. The maximum atomic E-state index is 12.2. The van der Waals surface area contributed by atoms with Crippen molar-refractivity contribution in [3.05, 3.63) is 18.2 Å². The van der Waals surface area contributed by atoms with E-state index in [-0.39, 0.29) is 17.9 Å². The van der Waals surface area contributed by atoms with Crippen molar-refractivity contribution in [1.82, 2.24) is 0 Å². The number of hydrogen-bond donors (Lipinski definition) is 1. The van der Waals surface area contributed by atoms with Crippen LogP contribution in [0.25, 0.3) is 0 Å². The van der Waals surface area contributed by atoms with E-state index in [0.717, 1.165) is 12.7 Å². The predicted molar refractivity (Wildman–Crippen MR) is 96.3 cm³/mol. The topological polar surface area (TPSA) is 110 Å². The van der Waals surface area contributed by atoms with E-state index in [1.54, 1.807) is 12.1 Å². The number of benzene rings is 1. The lowest BCUT2D eigenvalue weighted by Gasteiger charge is -2.29. The summed E-state index contributed by atoms with van der Waals surface area (Å²) in [6.07, 6.45) is 2.32. The third-order valence-electron chi connectivity index (χ3n) is 3.78. The van der Waals surface area contributed by atoms with E-state index in [2.05, 4.69) is 5.32 Å². The zero-order valence-corrected chi connectivity index (χ0v) is 15.8. The number of sulfonamides is 1. The largest absolute Gasteiger partial charge is 0.494 e. The minimum atomic E-state index is -3.37. The number of carbonyl (C=O) groups excluding carboxylic acids is 1. The highest BCUT2D eigenvalue weighted by molar-refractivity contribution is 7.92. The summed E-state index contributed by atoms with van der Waals surface area (Å²) in [5.41, 5.74) is 0.838. The number of methoxy groups -OCH3 is 1. The van der Waals surface area contributed by atoms with E-state index >= 15 is 0 Å². The van der Waals surface area contributed by atoms with Crippen LogP contribution < -0.4 is 14.4 Å². The molecule has 1 aliphatic heterocycles. The molecule has 1 heterocycles. The first-order valence-electron chi connectivity index (χ1n) is 7.78. The maximum Gasteiger partial charge on any atom is 0.235 e. The number of carbonyl (C=O) groups is 1. The Morgan fingerprint density at radius 1 is 1.32 bits per heavy atom. The van der Waals surface area contributed by atoms with Gasteiger partial charge in [-0.1, -0.05) is 0 Å². The first-order chi connectivity index (χ1) is 11.6. The molecule has 1 fully saturated rings. The lowest BCUT2D eigenvalue weighted by Crippen LogP contribution is -2.38. The number of hydrogen-bond acceptors (Lipinski definition) is 6. The van der Waals surface area contributed by atoms with Gasteiger partial charge in [-0.3, -0.25) is 9.10 Å². The second-order valence-electron chi connectivity index (χ2n) is 5.91. The first-order valence-corrected chi connectivity index (χ1v) is 11.5. The Kier molecular flexibility index (Phi) is 5.94. The molecule has 0 bridgehead atoms. The highest BCUT2D eigenvalue weighted by Crippen LogP contribution is 2.34. The number of amides is 1. The van der Waals surface area contributed by atoms with Crippen LogP contribution in [0.4, 0.5) is 11.4 Å². The second kappa shape index (κ2) is 7.61. The Bertz CT molecular complexity index is 849. The van der Waals surface area contributed by atoms with Crippen LogP contribution in [0, 0.1) is 0 Å². The van der Waals surface area contributed by atoms with Crippen LogP contribution in [-0.4, -0.2) is 54.2 Å². The molecule has 1 aromatic carbocycles. The average molecular weight is 390 g/mol. The van der Waals surface area contributed by atoms with Gasteiger partial charge in [0.05, 0.1) is 24.3 Å². The molecule has 0 radical (unpaired) electrons. The minimum Gasteiger partial charge on any atom is -0.494 e. The van der Waals surface area contributed by atoms with Crippen LogP contribution in [0.5, 0.6) is 5.75 Å². The van der Waals surface area contributed by atoms with Crippen molar-refractivity contribution in [3.8, 4) is 5.75 Å². The highest BCUT2D eigenvalue weighted by Gasteiger charge is 2.28. The third kappa shape index (κ3) is 5.33. The summed E-state index contributed by atoms with van der Waals surface area (Å²) >= 11 is 0. The van der Waals surface area contributed by atoms with Crippen molar-refractivity contribution in [1.29, 1.82) is 0 Å². The molecule has 0 aliphatic carbocycles. The molecule has 1 aromatic rings. The van der Waals surface area contributed by atoms with Gasteiger partial charge in [0.1, 0.15) is 15.6 Å². The van der Waals surface area contributed by atoms with Crippen molar-refractivity contribution in [2.75, 3.05) is 41.0 Å². The number of anilines is 2. The van der Waals surface area contributed by atoms with Crippen LogP contribution in [-0.2, 0) is 24.7 Å². The standard InChI is InChI=1S/C15H22N2O6S2/c1-23-14-11-12(16-15(18)7-10-24(2,19)20)5-6-13(14)17-8-3-4-9-25(17,21)22/h5-6,11H,3-4,7-10H2,1-2H3,(H,16,18). The maximum absolute atomic E-state index is 12.2. The smallest absolute Gasteiger partial charge is 0.235 e. The van der Waals surface area contributed by atoms with Gasteiger partial charge in [-0.2, -0.15) is 0 Å². The van der Waals surface area contributed by atoms with E-state index in [9.17, 15) is 21.6 Å². The summed E-state index contributed by atoms with van der Waals surface area (Å²) < 4.78 is 53.3. The molecule has 10 heteroatoms. The molecule has 140 valence electrons. The van der Waals surface area contributed by atoms with E-state index in [4.69, 9.17) is 4.74 Å². The van der Waals surface area contributed by atoms with Crippen LogP contribution in [0.3, 0.4) is 0 Å². The van der Waals surface area contributed by atoms with E-state index in [1.165, 1.54) is 17.5 Å². The monoisotopic (exact) mass is 390 g/mol. The number of sulfone groups is 1. The lowest BCUT2D eigenvalue weighted by molar-refractivity contribution is -0.115. The number of rotatable bonds is 6. The zero-order chi connectivity index (χ0) is 18.7. The van der Waals surface area contributed by atoms with Gasteiger partial charge in [0, 0.05) is 31.0 Å². The average Bonchev–Trinajstić information content (AvgIpc) is 2.52. The minimum absolute atomic E-state index is 0.0974. The molecule has 1 amide bonds. The van der Waals surface area contributed by atoms with Gasteiger partial charge >= 0.3 is 0 Å². The summed E-state index contributed by atoms with van der Waals surface area (Å²) in [7, 11) is -5.17. The molecule has 1 saturated heterocycles. The van der Waals surface area contributed by atoms with Crippen molar-refractivity contribution < 1.29 is 26.4 Å². The summed E-state index contributed by atoms with van der Waals surface area (Å²) in [5, 5.41) is 2.59. The molecule has 8 nitrogen and oxygen atoms in total. The Labute approximate surface area is 148 Å². The van der Waals surface area contributed by atoms with Crippen LogP contribution >= 0.6 is 0 Å². The van der Waals surface area contributed by atoms with Gasteiger partial charge in [0.2, 0.25) is 15.9 Å². The molecule has 0 spiro atoms.